The van der Waals surface area contributed by atoms with Crippen LogP contribution in [0.25, 0.3) is 22.4 Å². The van der Waals surface area contributed by atoms with Crippen LogP contribution in [0.15, 0.2) is 59.6 Å². The van der Waals surface area contributed by atoms with Crippen molar-refractivity contribution >= 4 is 5.91 Å². The molecule has 158 valence electrons. The number of hydrogen-bond acceptors (Lipinski definition) is 6. The van der Waals surface area contributed by atoms with E-state index in [1.54, 1.807) is 18.5 Å². The summed E-state index contributed by atoms with van der Waals surface area (Å²) in [6.07, 6.45) is 7.19. The second-order valence-electron chi connectivity index (χ2n) is 7.58. The van der Waals surface area contributed by atoms with Crippen molar-refractivity contribution in [2.45, 2.75) is 33.2 Å². The Morgan fingerprint density at radius 2 is 1.94 bits per heavy atom. The van der Waals surface area contributed by atoms with E-state index in [0.29, 0.717) is 13.1 Å². The second-order valence-corrected chi connectivity index (χ2v) is 7.58. The number of nitrogens with one attached hydrogen (secondary N) is 1. The van der Waals surface area contributed by atoms with Crippen molar-refractivity contribution in [1.82, 2.24) is 30.2 Å². The van der Waals surface area contributed by atoms with Crippen molar-refractivity contribution in [3.63, 3.8) is 0 Å². The molecule has 0 aliphatic heterocycles. The lowest BCUT2D eigenvalue weighted by Gasteiger charge is -2.11. The van der Waals surface area contributed by atoms with Gasteiger partial charge in [0.25, 0.3) is 5.91 Å². The van der Waals surface area contributed by atoms with Crippen LogP contribution in [0, 0.1) is 6.92 Å². The highest BCUT2D eigenvalue weighted by atomic mass is 16.5. The highest BCUT2D eigenvalue weighted by Crippen LogP contribution is 2.31. The number of carbonyl (C=O) groups excluding carboxylic acids is 1. The third kappa shape index (κ3) is 4.53. The molecule has 0 spiro atoms. The van der Waals surface area contributed by atoms with Gasteiger partial charge in [-0.15, -0.1) is 0 Å². The topological polar surface area (TPSA) is 98.7 Å². The average Bonchev–Trinajstić information content (AvgIpc) is 3.43. The molecule has 0 bridgehead atoms. The highest BCUT2D eigenvalue weighted by Gasteiger charge is 2.17. The fourth-order valence-electron chi connectivity index (χ4n) is 3.24. The number of amides is 1. The van der Waals surface area contributed by atoms with Gasteiger partial charge >= 0.3 is 0 Å². The first-order chi connectivity index (χ1) is 15.0. The summed E-state index contributed by atoms with van der Waals surface area (Å²) in [5.41, 5.74) is 5.60. The Morgan fingerprint density at radius 1 is 1.13 bits per heavy atom. The summed E-state index contributed by atoms with van der Waals surface area (Å²) in [5, 5.41) is 11.4. The predicted octanol–water partition coefficient (Wildman–Crippen LogP) is 3.86. The van der Waals surface area contributed by atoms with Gasteiger partial charge in [0.1, 0.15) is 0 Å². The summed E-state index contributed by atoms with van der Waals surface area (Å²) >= 11 is 0. The molecule has 0 fully saturated rings. The minimum atomic E-state index is -0.292. The van der Waals surface area contributed by atoms with Gasteiger partial charge in [-0.2, -0.15) is 5.10 Å². The molecule has 8 heteroatoms. The molecule has 1 amide bonds. The summed E-state index contributed by atoms with van der Waals surface area (Å²) in [5.74, 6) is 0.121. The molecule has 0 aromatic carbocycles. The van der Waals surface area contributed by atoms with E-state index in [-0.39, 0.29) is 17.6 Å². The Morgan fingerprint density at radius 3 is 2.61 bits per heavy atom. The molecule has 0 saturated heterocycles. The van der Waals surface area contributed by atoms with Crippen molar-refractivity contribution in [2.24, 2.45) is 0 Å². The maximum absolute atomic E-state index is 12.4. The smallest absolute Gasteiger partial charge is 0.289 e. The molecule has 0 aliphatic rings. The average molecular weight is 416 g/mol. The summed E-state index contributed by atoms with van der Waals surface area (Å²) in [6, 6.07) is 9.58. The van der Waals surface area contributed by atoms with Gasteiger partial charge in [-0.1, -0.05) is 19.0 Å². The molecule has 8 nitrogen and oxygen atoms in total. The van der Waals surface area contributed by atoms with Crippen LogP contribution in [0.5, 0.6) is 0 Å². The van der Waals surface area contributed by atoms with Gasteiger partial charge in [0.05, 0.1) is 24.1 Å². The van der Waals surface area contributed by atoms with Crippen molar-refractivity contribution < 1.29 is 9.32 Å². The number of pyridine rings is 2. The monoisotopic (exact) mass is 416 g/mol. The lowest BCUT2D eigenvalue weighted by atomic mass is 10.0. The molecule has 31 heavy (non-hydrogen) atoms. The Bertz CT molecular complexity index is 1160. The summed E-state index contributed by atoms with van der Waals surface area (Å²) in [7, 11) is 0. The van der Waals surface area contributed by atoms with Gasteiger partial charge in [0.2, 0.25) is 5.76 Å². The van der Waals surface area contributed by atoms with Gasteiger partial charge in [0, 0.05) is 48.0 Å². The van der Waals surface area contributed by atoms with Gasteiger partial charge in [-0.25, -0.2) is 0 Å². The largest absolute Gasteiger partial charge is 0.351 e. The zero-order chi connectivity index (χ0) is 21.8. The van der Waals surface area contributed by atoms with E-state index in [1.165, 1.54) is 0 Å². The van der Waals surface area contributed by atoms with E-state index < -0.39 is 0 Å². The third-order valence-electron chi connectivity index (χ3n) is 4.97. The first kappa shape index (κ1) is 20.5. The molecule has 0 radical (unpaired) electrons. The zero-order valence-corrected chi connectivity index (χ0v) is 17.7. The maximum Gasteiger partial charge on any atom is 0.289 e. The van der Waals surface area contributed by atoms with E-state index in [0.717, 1.165) is 33.8 Å². The van der Waals surface area contributed by atoms with E-state index in [1.807, 2.05) is 62.1 Å². The second kappa shape index (κ2) is 8.91. The predicted molar refractivity (Wildman–Crippen MR) is 116 cm³/mol. The van der Waals surface area contributed by atoms with Gasteiger partial charge < -0.3 is 9.84 Å². The van der Waals surface area contributed by atoms with E-state index in [4.69, 9.17) is 4.52 Å². The minimum absolute atomic E-state index is 0.201. The van der Waals surface area contributed by atoms with E-state index in [9.17, 15) is 4.79 Å². The quantitative estimate of drug-likeness (QED) is 0.491. The third-order valence-corrected chi connectivity index (χ3v) is 4.97. The van der Waals surface area contributed by atoms with Gasteiger partial charge in [-0.3, -0.25) is 19.4 Å². The highest BCUT2D eigenvalue weighted by molar-refractivity contribution is 5.91. The molecule has 0 aliphatic carbocycles. The van der Waals surface area contributed by atoms with Crippen molar-refractivity contribution in [1.29, 1.82) is 0 Å². The molecule has 0 saturated carbocycles. The summed E-state index contributed by atoms with van der Waals surface area (Å²) in [6.45, 7) is 6.83. The fourth-order valence-corrected chi connectivity index (χ4v) is 3.24. The SMILES string of the molecule is Cc1ccc(-c2c(-c3ccncc3)cnn2CCNC(=O)c2cc(C(C)C)no2)cn1. The van der Waals surface area contributed by atoms with Crippen LogP contribution in [-0.4, -0.2) is 37.4 Å². The van der Waals surface area contributed by atoms with E-state index >= 15 is 0 Å². The van der Waals surface area contributed by atoms with Crippen LogP contribution >= 0.6 is 0 Å². The number of aromatic nitrogens is 5. The number of hydrogen-bond donors (Lipinski definition) is 1. The number of rotatable bonds is 7. The lowest BCUT2D eigenvalue weighted by molar-refractivity contribution is 0.0915. The summed E-state index contributed by atoms with van der Waals surface area (Å²) in [4.78, 5) is 20.9. The first-order valence-corrected chi connectivity index (χ1v) is 10.2. The molecule has 4 aromatic heterocycles. The van der Waals surface area contributed by atoms with Crippen molar-refractivity contribution in [3.05, 3.63) is 72.3 Å². The van der Waals surface area contributed by atoms with Crippen LogP contribution in [-0.2, 0) is 6.54 Å². The normalized spacial score (nSPS) is 11.1. The number of aryl methyl sites for hydroxylation is 1. The molecule has 4 rings (SSSR count). The Balaban J connectivity index is 1.54. The Labute approximate surface area is 180 Å². The van der Waals surface area contributed by atoms with Crippen molar-refractivity contribution in [3.8, 4) is 22.4 Å². The molecule has 4 aromatic rings. The fraction of sp³-hybridized carbons (Fsp3) is 0.261. The van der Waals surface area contributed by atoms with Crippen LogP contribution in [0.4, 0.5) is 0 Å². The van der Waals surface area contributed by atoms with E-state index in [2.05, 4.69) is 25.5 Å². The molecule has 1 N–H and O–H groups in total. The van der Waals surface area contributed by atoms with Crippen LogP contribution < -0.4 is 5.32 Å². The van der Waals surface area contributed by atoms with Crippen LogP contribution in [0.3, 0.4) is 0 Å². The van der Waals surface area contributed by atoms with Crippen LogP contribution in [0.1, 0.15) is 41.7 Å². The Kier molecular flexibility index (Phi) is 5.88. The molecular weight excluding hydrogens is 392 g/mol. The molecule has 4 heterocycles. The number of nitrogens with zero attached hydrogens (tertiary/aromatic N) is 5. The molecule has 0 unspecified atom stereocenters. The molecule has 0 atom stereocenters. The van der Waals surface area contributed by atoms with Gasteiger partial charge in [0.15, 0.2) is 0 Å². The van der Waals surface area contributed by atoms with Crippen molar-refractivity contribution in [2.75, 3.05) is 6.54 Å². The molecular formula is C23H24N6O2. The van der Waals surface area contributed by atoms with Gasteiger partial charge in [-0.05, 0) is 42.7 Å². The number of carbonyl (C=O) groups is 1. The standard InChI is InChI=1S/C23H24N6O2/c1-15(2)20-12-21(31-28-20)23(30)25-10-11-29-22(18-5-4-16(3)26-13-18)19(14-27-29)17-6-8-24-9-7-17/h4-9,12-15H,10-11H2,1-3H3,(H,25,30). The summed E-state index contributed by atoms with van der Waals surface area (Å²) < 4.78 is 7.04. The minimum Gasteiger partial charge on any atom is -0.351 e. The Hall–Kier alpha value is -3.81. The van der Waals surface area contributed by atoms with Crippen LogP contribution in [0.2, 0.25) is 0 Å². The maximum atomic E-state index is 12.4. The first-order valence-electron chi connectivity index (χ1n) is 10.2. The zero-order valence-electron chi connectivity index (χ0n) is 17.7. The lowest BCUT2D eigenvalue weighted by Crippen LogP contribution is -2.27.